The molecule has 0 saturated carbocycles. The number of thiophene rings is 1. The Morgan fingerprint density at radius 2 is 2.08 bits per heavy atom. The molecule has 13 heavy (non-hydrogen) atoms. The van der Waals surface area contributed by atoms with Crippen LogP contribution in [0.4, 0.5) is 0 Å². The third kappa shape index (κ3) is 3.12. The van der Waals surface area contributed by atoms with Gasteiger partial charge in [0.2, 0.25) is 0 Å². The van der Waals surface area contributed by atoms with Gasteiger partial charge in [-0.1, -0.05) is 13.8 Å². The highest BCUT2D eigenvalue weighted by molar-refractivity contribution is 7.12. The summed E-state index contributed by atoms with van der Waals surface area (Å²) in [5, 5.41) is 3.37. The standard InChI is InChI=1S/C11H19NS/c1-8(2)7-10(12-4)11-6-5-9(3)13-11/h5-6,8,10,12H,7H2,1-4H3. The fourth-order valence-electron chi connectivity index (χ4n) is 1.49. The SMILES string of the molecule is CNC(CC(C)C)c1ccc(C)s1. The van der Waals surface area contributed by atoms with Crippen molar-refractivity contribution in [1.29, 1.82) is 0 Å². The Morgan fingerprint density at radius 3 is 2.46 bits per heavy atom. The van der Waals surface area contributed by atoms with Crippen molar-refractivity contribution in [1.82, 2.24) is 5.32 Å². The van der Waals surface area contributed by atoms with E-state index in [1.807, 2.05) is 18.4 Å². The van der Waals surface area contributed by atoms with Crippen LogP contribution in [0.3, 0.4) is 0 Å². The van der Waals surface area contributed by atoms with Crippen LogP contribution < -0.4 is 5.32 Å². The Kier molecular flexibility index (Phi) is 3.94. The van der Waals surface area contributed by atoms with Gasteiger partial charge in [0.05, 0.1) is 0 Å². The largest absolute Gasteiger partial charge is 0.312 e. The molecule has 1 unspecified atom stereocenters. The lowest BCUT2D eigenvalue weighted by Gasteiger charge is -2.16. The molecule has 0 aliphatic heterocycles. The Morgan fingerprint density at radius 1 is 1.38 bits per heavy atom. The molecule has 0 bridgehead atoms. The molecule has 1 rings (SSSR count). The fourth-order valence-corrected chi connectivity index (χ4v) is 2.49. The Bertz CT molecular complexity index is 252. The minimum absolute atomic E-state index is 0.540. The summed E-state index contributed by atoms with van der Waals surface area (Å²) in [7, 11) is 2.04. The Balaban J connectivity index is 2.66. The Hall–Kier alpha value is -0.340. The van der Waals surface area contributed by atoms with E-state index in [1.165, 1.54) is 16.2 Å². The number of rotatable bonds is 4. The summed E-state index contributed by atoms with van der Waals surface area (Å²) in [6.07, 6.45) is 1.22. The van der Waals surface area contributed by atoms with Crippen molar-refractivity contribution < 1.29 is 0 Å². The molecule has 1 aromatic rings. The summed E-state index contributed by atoms with van der Waals surface area (Å²) in [4.78, 5) is 2.87. The molecule has 0 aliphatic carbocycles. The molecule has 1 aromatic heterocycles. The molecule has 0 amide bonds. The van der Waals surface area contributed by atoms with Gasteiger partial charge in [-0.15, -0.1) is 11.3 Å². The maximum Gasteiger partial charge on any atom is 0.0414 e. The van der Waals surface area contributed by atoms with Gasteiger partial charge in [0.1, 0.15) is 0 Å². The van der Waals surface area contributed by atoms with Gasteiger partial charge in [-0.2, -0.15) is 0 Å². The molecule has 1 N–H and O–H groups in total. The minimum Gasteiger partial charge on any atom is -0.312 e. The zero-order chi connectivity index (χ0) is 9.84. The second-order valence-electron chi connectivity index (χ2n) is 3.92. The van der Waals surface area contributed by atoms with E-state index in [0.29, 0.717) is 6.04 Å². The van der Waals surface area contributed by atoms with Crippen LogP contribution in [0, 0.1) is 12.8 Å². The second kappa shape index (κ2) is 4.77. The molecule has 0 fully saturated rings. The molecule has 1 atom stereocenters. The molecule has 74 valence electrons. The van der Waals surface area contributed by atoms with Gasteiger partial charge in [0, 0.05) is 15.8 Å². The van der Waals surface area contributed by atoms with E-state index in [-0.39, 0.29) is 0 Å². The van der Waals surface area contributed by atoms with Crippen molar-refractivity contribution in [2.75, 3.05) is 7.05 Å². The first-order valence-corrected chi connectivity index (χ1v) is 5.68. The number of hydrogen-bond donors (Lipinski definition) is 1. The highest BCUT2D eigenvalue weighted by Crippen LogP contribution is 2.27. The predicted molar refractivity (Wildman–Crippen MR) is 60.3 cm³/mol. The minimum atomic E-state index is 0.540. The highest BCUT2D eigenvalue weighted by Gasteiger charge is 2.12. The van der Waals surface area contributed by atoms with Crippen molar-refractivity contribution in [3.8, 4) is 0 Å². The van der Waals surface area contributed by atoms with E-state index in [1.54, 1.807) is 0 Å². The first-order valence-electron chi connectivity index (χ1n) is 4.87. The average Bonchev–Trinajstić information content (AvgIpc) is 2.47. The molecule has 0 aromatic carbocycles. The van der Waals surface area contributed by atoms with Gasteiger partial charge in [-0.25, -0.2) is 0 Å². The molecule has 0 spiro atoms. The van der Waals surface area contributed by atoms with E-state index >= 15 is 0 Å². The number of nitrogens with one attached hydrogen (secondary N) is 1. The van der Waals surface area contributed by atoms with E-state index in [0.717, 1.165) is 5.92 Å². The van der Waals surface area contributed by atoms with Crippen LogP contribution in [0.2, 0.25) is 0 Å². The Labute approximate surface area is 85.2 Å². The molecule has 0 saturated heterocycles. The van der Waals surface area contributed by atoms with Crippen LogP contribution in [0.1, 0.15) is 36.1 Å². The van der Waals surface area contributed by atoms with E-state index in [9.17, 15) is 0 Å². The third-order valence-corrected chi connectivity index (χ3v) is 3.27. The van der Waals surface area contributed by atoms with Gasteiger partial charge in [-0.05, 0) is 38.4 Å². The van der Waals surface area contributed by atoms with Gasteiger partial charge < -0.3 is 5.32 Å². The second-order valence-corrected chi connectivity index (χ2v) is 5.24. The normalized spacial score (nSPS) is 13.6. The molecule has 1 heterocycles. The monoisotopic (exact) mass is 197 g/mol. The maximum atomic E-state index is 3.37. The van der Waals surface area contributed by atoms with Gasteiger partial charge in [0.25, 0.3) is 0 Å². The third-order valence-electron chi connectivity index (χ3n) is 2.16. The van der Waals surface area contributed by atoms with E-state index < -0.39 is 0 Å². The van der Waals surface area contributed by atoms with E-state index in [2.05, 4.69) is 38.2 Å². The van der Waals surface area contributed by atoms with Crippen LogP contribution in [-0.4, -0.2) is 7.05 Å². The van der Waals surface area contributed by atoms with Gasteiger partial charge >= 0.3 is 0 Å². The molecule has 2 heteroatoms. The van der Waals surface area contributed by atoms with Crippen LogP contribution >= 0.6 is 11.3 Å². The quantitative estimate of drug-likeness (QED) is 0.780. The summed E-state index contributed by atoms with van der Waals surface area (Å²) >= 11 is 1.90. The van der Waals surface area contributed by atoms with Crippen molar-refractivity contribution in [3.63, 3.8) is 0 Å². The van der Waals surface area contributed by atoms with Crippen LogP contribution in [0.25, 0.3) is 0 Å². The summed E-state index contributed by atoms with van der Waals surface area (Å²) in [5.41, 5.74) is 0. The predicted octanol–water partition coefficient (Wildman–Crippen LogP) is 3.36. The van der Waals surface area contributed by atoms with Crippen molar-refractivity contribution in [3.05, 3.63) is 21.9 Å². The number of hydrogen-bond acceptors (Lipinski definition) is 2. The molecule has 1 nitrogen and oxygen atoms in total. The summed E-state index contributed by atoms with van der Waals surface area (Å²) < 4.78 is 0. The highest BCUT2D eigenvalue weighted by atomic mass is 32.1. The summed E-state index contributed by atoms with van der Waals surface area (Å²) in [5.74, 6) is 0.750. The van der Waals surface area contributed by atoms with Crippen LogP contribution in [0.15, 0.2) is 12.1 Å². The molecular weight excluding hydrogens is 178 g/mol. The van der Waals surface area contributed by atoms with Crippen molar-refractivity contribution in [2.24, 2.45) is 5.92 Å². The smallest absolute Gasteiger partial charge is 0.0414 e. The lowest BCUT2D eigenvalue weighted by molar-refractivity contribution is 0.462. The molecule has 0 radical (unpaired) electrons. The zero-order valence-corrected chi connectivity index (χ0v) is 9.74. The van der Waals surface area contributed by atoms with Crippen LogP contribution in [-0.2, 0) is 0 Å². The summed E-state index contributed by atoms with van der Waals surface area (Å²) in [6.45, 7) is 6.70. The number of aryl methyl sites for hydroxylation is 1. The first kappa shape index (κ1) is 10.7. The lowest BCUT2D eigenvalue weighted by Crippen LogP contribution is -2.16. The molecular formula is C11H19NS. The summed E-state index contributed by atoms with van der Waals surface area (Å²) in [6, 6.07) is 4.98. The van der Waals surface area contributed by atoms with Crippen molar-refractivity contribution >= 4 is 11.3 Å². The van der Waals surface area contributed by atoms with Crippen molar-refractivity contribution in [2.45, 2.75) is 33.2 Å². The van der Waals surface area contributed by atoms with Gasteiger partial charge in [-0.3, -0.25) is 0 Å². The van der Waals surface area contributed by atoms with Gasteiger partial charge in [0.15, 0.2) is 0 Å². The lowest BCUT2D eigenvalue weighted by atomic mass is 10.0. The zero-order valence-electron chi connectivity index (χ0n) is 8.92. The molecule has 0 aliphatic rings. The average molecular weight is 197 g/mol. The van der Waals surface area contributed by atoms with Crippen LogP contribution in [0.5, 0.6) is 0 Å². The fraction of sp³-hybridized carbons (Fsp3) is 0.636. The van der Waals surface area contributed by atoms with E-state index in [4.69, 9.17) is 0 Å². The first-order chi connectivity index (χ1) is 6.13. The topological polar surface area (TPSA) is 12.0 Å². The maximum absolute atomic E-state index is 3.37.